The highest BCUT2D eigenvalue weighted by Crippen LogP contribution is 2.16. The van der Waals surface area contributed by atoms with Gasteiger partial charge in [-0.25, -0.2) is 0 Å². The number of aromatic nitrogens is 2. The molecule has 0 aliphatic carbocycles. The number of pyridine rings is 1. The van der Waals surface area contributed by atoms with Gasteiger partial charge in [-0.1, -0.05) is 18.5 Å². The molecule has 0 bridgehead atoms. The van der Waals surface area contributed by atoms with Crippen LogP contribution >= 0.6 is 11.6 Å². The Bertz CT molecular complexity index is 507. The molecule has 4 heteroatoms. The fourth-order valence-electron chi connectivity index (χ4n) is 1.92. The zero-order valence-electron chi connectivity index (χ0n) is 10.5. The number of halogens is 1. The minimum absolute atomic E-state index is 0.214. The summed E-state index contributed by atoms with van der Waals surface area (Å²) in [4.78, 5) is 4.00. The quantitative estimate of drug-likeness (QED) is 0.902. The fourth-order valence-corrected chi connectivity index (χ4v) is 2.10. The topological polar surface area (TPSA) is 43.8 Å². The van der Waals surface area contributed by atoms with Crippen molar-refractivity contribution in [1.29, 1.82) is 0 Å². The van der Waals surface area contributed by atoms with E-state index < -0.39 is 0 Å². The first-order chi connectivity index (χ1) is 8.70. The van der Waals surface area contributed by atoms with E-state index in [1.165, 1.54) is 5.69 Å². The Balaban J connectivity index is 2.15. The Kier molecular flexibility index (Phi) is 4.39. The average molecular weight is 264 g/mol. The second-order valence-electron chi connectivity index (χ2n) is 4.47. The van der Waals surface area contributed by atoms with Crippen LogP contribution in [-0.2, 0) is 13.0 Å². The van der Waals surface area contributed by atoms with Crippen LogP contribution in [0.5, 0.6) is 0 Å². The second-order valence-corrected chi connectivity index (χ2v) is 4.87. The minimum atomic E-state index is 0.214. The van der Waals surface area contributed by atoms with Crippen LogP contribution in [0.1, 0.15) is 24.6 Å². The molecule has 0 aliphatic rings. The maximum Gasteiger partial charge on any atom is 0.0639 e. The molecule has 0 fully saturated rings. The molecular formula is C14H18ClN3. The average Bonchev–Trinajstić information content (AvgIpc) is 2.79. The van der Waals surface area contributed by atoms with Crippen LogP contribution in [0.2, 0.25) is 5.02 Å². The highest BCUT2D eigenvalue weighted by molar-refractivity contribution is 6.31. The summed E-state index contributed by atoms with van der Waals surface area (Å²) >= 11 is 6.13. The van der Waals surface area contributed by atoms with Crippen LogP contribution in [0.25, 0.3) is 0 Å². The van der Waals surface area contributed by atoms with Crippen molar-refractivity contribution >= 4 is 11.6 Å². The summed E-state index contributed by atoms with van der Waals surface area (Å²) in [5.41, 5.74) is 8.33. The number of nitrogens with two attached hydrogens (primary N) is 1. The van der Waals surface area contributed by atoms with Gasteiger partial charge in [0.1, 0.15) is 0 Å². The molecule has 96 valence electrons. The summed E-state index contributed by atoms with van der Waals surface area (Å²) in [5, 5.41) is 0.705. The Morgan fingerprint density at radius 3 is 3.00 bits per heavy atom. The third kappa shape index (κ3) is 3.12. The van der Waals surface area contributed by atoms with Gasteiger partial charge in [-0.3, -0.25) is 4.98 Å². The summed E-state index contributed by atoms with van der Waals surface area (Å²) in [7, 11) is 0. The zero-order valence-corrected chi connectivity index (χ0v) is 11.3. The van der Waals surface area contributed by atoms with Crippen LogP contribution in [0.3, 0.4) is 0 Å². The first-order valence-corrected chi connectivity index (χ1v) is 6.56. The molecule has 2 rings (SSSR count). The number of hydrogen-bond acceptors (Lipinski definition) is 2. The largest absolute Gasteiger partial charge is 0.347 e. The van der Waals surface area contributed by atoms with Gasteiger partial charge in [0.05, 0.1) is 5.02 Å². The molecule has 2 heterocycles. The van der Waals surface area contributed by atoms with Crippen LogP contribution < -0.4 is 5.73 Å². The zero-order chi connectivity index (χ0) is 13.0. The summed E-state index contributed by atoms with van der Waals surface area (Å²) < 4.78 is 2.19. The molecule has 3 nitrogen and oxygen atoms in total. The lowest BCUT2D eigenvalue weighted by Crippen LogP contribution is -2.23. The van der Waals surface area contributed by atoms with Crippen LogP contribution in [0, 0.1) is 0 Å². The Hall–Kier alpha value is -1.32. The molecule has 0 aromatic carbocycles. The molecule has 2 N–H and O–H groups in total. The van der Waals surface area contributed by atoms with Gasteiger partial charge in [0, 0.05) is 43.3 Å². The predicted octanol–water partition coefficient (Wildman–Crippen LogP) is 2.86. The fraction of sp³-hybridized carbons (Fsp3) is 0.357. The maximum atomic E-state index is 6.13. The molecule has 0 aliphatic heterocycles. The van der Waals surface area contributed by atoms with Crippen molar-refractivity contribution in [2.24, 2.45) is 5.73 Å². The Morgan fingerprint density at radius 2 is 2.28 bits per heavy atom. The number of nitrogens with zero attached hydrogens (tertiary/aromatic N) is 2. The molecule has 2 aromatic rings. The number of hydrogen-bond donors (Lipinski definition) is 1. The monoisotopic (exact) mass is 263 g/mol. The third-order valence-corrected chi connectivity index (χ3v) is 3.46. The van der Waals surface area contributed by atoms with Gasteiger partial charge < -0.3 is 10.3 Å². The van der Waals surface area contributed by atoms with E-state index in [0.29, 0.717) is 5.02 Å². The lowest BCUT2D eigenvalue weighted by molar-refractivity contribution is 0.610. The number of rotatable bonds is 5. The summed E-state index contributed by atoms with van der Waals surface area (Å²) in [6.45, 7) is 2.87. The van der Waals surface area contributed by atoms with Crippen molar-refractivity contribution < 1.29 is 0 Å². The Labute approximate surface area is 113 Å². The van der Waals surface area contributed by atoms with E-state index >= 15 is 0 Å². The van der Waals surface area contributed by atoms with Crippen LogP contribution in [0.4, 0.5) is 0 Å². The summed E-state index contributed by atoms with van der Waals surface area (Å²) in [5.74, 6) is 0. The molecule has 0 radical (unpaired) electrons. The van der Waals surface area contributed by atoms with E-state index in [-0.39, 0.29) is 6.04 Å². The SMILES string of the molecule is CCC(N)Cc1cccn1Cc1ccncc1Cl. The molecule has 18 heavy (non-hydrogen) atoms. The highest BCUT2D eigenvalue weighted by Gasteiger charge is 2.07. The van der Waals surface area contributed by atoms with Gasteiger partial charge in [-0.15, -0.1) is 0 Å². The first kappa shape index (κ1) is 13.1. The van der Waals surface area contributed by atoms with Crippen LogP contribution in [0.15, 0.2) is 36.8 Å². The van der Waals surface area contributed by atoms with Gasteiger partial charge in [0.2, 0.25) is 0 Å². The molecule has 1 atom stereocenters. The molecule has 0 amide bonds. The van der Waals surface area contributed by atoms with E-state index in [9.17, 15) is 0 Å². The van der Waals surface area contributed by atoms with Crippen molar-refractivity contribution in [3.05, 3.63) is 53.1 Å². The van der Waals surface area contributed by atoms with Gasteiger partial charge in [0.15, 0.2) is 0 Å². The van der Waals surface area contributed by atoms with Crippen molar-refractivity contribution in [1.82, 2.24) is 9.55 Å². The first-order valence-electron chi connectivity index (χ1n) is 6.18. The van der Waals surface area contributed by atoms with Gasteiger partial charge >= 0.3 is 0 Å². The van der Waals surface area contributed by atoms with E-state index in [4.69, 9.17) is 17.3 Å². The molecular weight excluding hydrogens is 246 g/mol. The van der Waals surface area contributed by atoms with E-state index in [2.05, 4.69) is 28.7 Å². The molecule has 0 saturated heterocycles. The lowest BCUT2D eigenvalue weighted by Gasteiger charge is -2.13. The highest BCUT2D eigenvalue weighted by atomic mass is 35.5. The lowest BCUT2D eigenvalue weighted by atomic mass is 10.1. The van der Waals surface area contributed by atoms with Crippen LogP contribution in [-0.4, -0.2) is 15.6 Å². The van der Waals surface area contributed by atoms with Gasteiger partial charge in [0.25, 0.3) is 0 Å². The minimum Gasteiger partial charge on any atom is -0.347 e. The predicted molar refractivity (Wildman–Crippen MR) is 74.8 cm³/mol. The smallest absolute Gasteiger partial charge is 0.0639 e. The van der Waals surface area contributed by atoms with E-state index in [1.807, 2.05) is 12.1 Å². The molecule has 1 unspecified atom stereocenters. The molecule has 0 spiro atoms. The summed E-state index contributed by atoms with van der Waals surface area (Å²) in [6.07, 6.45) is 7.39. The molecule has 0 saturated carbocycles. The van der Waals surface area contributed by atoms with Crippen molar-refractivity contribution in [2.75, 3.05) is 0 Å². The van der Waals surface area contributed by atoms with Gasteiger partial charge in [-0.2, -0.15) is 0 Å². The van der Waals surface area contributed by atoms with E-state index in [1.54, 1.807) is 12.4 Å². The van der Waals surface area contributed by atoms with E-state index in [0.717, 1.165) is 24.9 Å². The normalized spacial score (nSPS) is 12.6. The second kappa shape index (κ2) is 6.03. The Morgan fingerprint density at radius 1 is 1.44 bits per heavy atom. The maximum absolute atomic E-state index is 6.13. The standard InChI is InChI=1S/C14H18ClN3/c1-2-12(16)8-13-4-3-7-18(13)10-11-5-6-17-9-14(11)15/h3-7,9,12H,2,8,10,16H2,1H3. The van der Waals surface area contributed by atoms with Gasteiger partial charge in [-0.05, 0) is 30.2 Å². The van der Waals surface area contributed by atoms with Crippen molar-refractivity contribution in [2.45, 2.75) is 32.4 Å². The third-order valence-electron chi connectivity index (χ3n) is 3.12. The van der Waals surface area contributed by atoms with Crippen molar-refractivity contribution in [3.8, 4) is 0 Å². The van der Waals surface area contributed by atoms with Crippen molar-refractivity contribution in [3.63, 3.8) is 0 Å². The summed E-state index contributed by atoms with van der Waals surface area (Å²) in [6, 6.07) is 6.33. The molecule has 2 aromatic heterocycles.